The van der Waals surface area contributed by atoms with Crippen molar-refractivity contribution in [2.45, 2.75) is 19.9 Å². The monoisotopic (exact) mass is 690 g/mol. The second-order valence-corrected chi connectivity index (χ2v) is 14.1. The van der Waals surface area contributed by atoms with Crippen molar-refractivity contribution in [3.05, 3.63) is 168 Å². The van der Waals surface area contributed by atoms with Crippen molar-refractivity contribution in [1.82, 2.24) is 0 Å². The Bertz CT molecular complexity index is 1720. The maximum absolute atomic E-state index is 2.26. The average molecular weight is 693 g/mol. The summed E-state index contributed by atoms with van der Waals surface area (Å²) in [6.07, 6.45) is 0.715. The molecule has 0 nitrogen and oxygen atoms in total. The van der Waals surface area contributed by atoms with Crippen molar-refractivity contribution in [3.8, 4) is 22.3 Å². The number of benzene rings is 5. The van der Waals surface area contributed by atoms with Crippen molar-refractivity contribution >= 4 is 27.7 Å². The molecule has 0 fully saturated rings. The van der Waals surface area contributed by atoms with Gasteiger partial charge in [0.05, 0.1) is 0 Å². The van der Waals surface area contributed by atoms with Crippen LogP contribution in [0.25, 0.3) is 43.8 Å². The van der Waals surface area contributed by atoms with Crippen LogP contribution >= 0.6 is 0 Å². The van der Waals surface area contributed by atoms with Crippen LogP contribution < -0.4 is 24.8 Å². The number of aryl methyl sites for hydroxylation is 2. The summed E-state index contributed by atoms with van der Waals surface area (Å²) in [5.41, 5.74) is 9.40. The fourth-order valence-corrected chi connectivity index (χ4v) is 7.49. The van der Waals surface area contributed by atoms with Gasteiger partial charge in [0, 0.05) is 0 Å². The van der Waals surface area contributed by atoms with Gasteiger partial charge in [0.1, 0.15) is 0 Å². The summed E-state index contributed by atoms with van der Waals surface area (Å²) in [4.78, 5) is 0. The van der Waals surface area contributed by atoms with E-state index in [0.29, 0.717) is 6.16 Å². The Labute approximate surface area is 284 Å². The van der Waals surface area contributed by atoms with E-state index in [0.717, 1.165) is 0 Å². The Hall–Kier alpha value is -3.00. The van der Waals surface area contributed by atoms with Gasteiger partial charge < -0.3 is 24.8 Å². The molecule has 43 heavy (non-hydrogen) atoms. The van der Waals surface area contributed by atoms with Crippen LogP contribution in [0.2, 0.25) is 0 Å². The van der Waals surface area contributed by atoms with Gasteiger partial charge in [-0.1, -0.05) is 97.8 Å². The number of fused-ring (bicyclic) bond motifs is 2. The van der Waals surface area contributed by atoms with E-state index in [4.69, 9.17) is 0 Å². The van der Waals surface area contributed by atoms with E-state index in [9.17, 15) is 0 Å². The molecule has 0 heterocycles. The molecule has 0 atom stereocenters. The summed E-state index contributed by atoms with van der Waals surface area (Å²) in [6.45, 7) is 4.30. The molecule has 0 saturated carbocycles. The molecule has 0 aromatic heterocycles. The minimum absolute atomic E-state index is 0. The van der Waals surface area contributed by atoms with E-state index in [1.807, 2.05) is 0 Å². The Morgan fingerprint density at radius 3 is 1.30 bits per heavy atom. The SMILES string of the molecule is Cc1cc2c(-c3ccccc3)cccc2[cH-]1.Cc1cc2c(-c3ccccc3)cccc2[cH-]1.[Cl-].[Cl-].[Zr+2]=[SiH]Cc1ccccc1. The Balaban J connectivity index is 0.000000180. The Morgan fingerprint density at radius 1 is 0.512 bits per heavy atom. The van der Waals surface area contributed by atoms with Crippen LogP contribution in [0, 0.1) is 13.8 Å². The van der Waals surface area contributed by atoms with E-state index in [1.54, 1.807) is 23.3 Å². The molecule has 0 N–H and O–H groups in total. The topological polar surface area (TPSA) is 0 Å². The van der Waals surface area contributed by atoms with Gasteiger partial charge in [-0.25, -0.2) is 0 Å². The molecule has 4 heteroatoms. The van der Waals surface area contributed by atoms with E-state index < -0.39 is 0 Å². The fraction of sp³-hybridized carbons (Fsp3) is 0.0769. The summed E-state index contributed by atoms with van der Waals surface area (Å²) in [5, 5.41) is 5.37. The molecular weight excluding hydrogens is 659 g/mol. The first-order valence-electron chi connectivity index (χ1n) is 14.1. The summed E-state index contributed by atoms with van der Waals surface area (Å²) in [6, 6.07) is 55.1. The molecule has 0 spiro atoms. The molecule has 0 aliphatic heterocycles. The summed E-state index contributed by atoms with van der Waals surface area (Å²) < 4.78 is 0. The van der Waals surface area contributed by atoms with Crippen LogP contribution in [0.15, 0.2) is 152 Å². The molecule has 0 unspecified atom stereocenters. The molecule has 0 radical (unpaired) electrons. The molecule has 0 amide bonds. The van der Waals surface area contributed by atoms with Crippen molar-refractivity contribution < 1.29 is 48.1 Å². The third-order valence-electron chi connectivity index (χ3n) is 7.14. The van der Waals surface area contributed by atoms with Crippen LogP contribution in [-0.4, -0.2) is 6.16 Å². The van der Waals surface area contributed by atoms with E-state index >= 15 is 0 Å². The van der Waals surface area contributed by atoms with Gasteiger partial charge in [-0.3, -0.25) is 0 Å². The minimum atomic E-state index is 0. The van der Waals surface area contributed by atoms with Gasteiger partial charge in [0.25, 0.3) is 0 Å². The maximum atomic E-state index is 2.26. The van der Waals surface area contributed by atoms with Crippen LogP contribution in [0.1, 0.15) is 16.7 Å². The zero-order chi connectivity index (χ0) is 28.4. The standard InChI is InChI=1S/2C16H13.C7H8Si.2ClH.Zr/c2*1-12-10-14-8-5-9-15(16(14)11-12)13-6-3-2-4-7-13;8-6-7-4-2-1-3-5-7;;;/h2*2-11H,1H3;1-5,8H,6H2;2*1H;/q2*-1;;;;+2/p-2. The third-order valence-corrected chi connectivity index (χ3v) is 9.32. The molecule has 0 aliphatic carbocycles. The van der Waals surface area contributed by atoms with Crippen LogP contribution in [-0.2, 0) is 29.4 Å². The number of hydrogen-bond donors (Lipinski definition) is 0. The molecule has 7 rings (SSSR count). The zero-order valence-corrected chi connectivity index (χ0v) is 29.6. The van der Waals surface area contributed by atoms with Gasteiger partial charge in [0.15, 0.2) is 0 Å². The quantitative estimate of drug-likeness (QED) is 0.192. The van der Waals surface area contributed by atoms with Crippen molar-refractivity contribution in [3.63, 3.8) is 0 Å². The van der Waals surface area contributed by atoms with Gasteiger partial charge in [-0.05, 0) is 11.1 Å². The molecule has 0 saturated heterocycles. The van der Waals surface area contributed by atoms with Gasteiger partial charge in [-0.2, -0.15) is 12.1 Å². The van der Waals surface area contributed by atoms with Crippen LogP contribution in [0.3, 0.4) is 0 Å². The number of halogens is 2. The average Bonchev–Trinajstić information content (AvgIpc) is 3.60. The number of rotatable bonds is 4. The van der Waals surface area contributed by atoms with Crippen LogP contribution in [0.5, 0.6) is 0 Å². The van der Waals surface area contributed by atoms with Crippen molar-refractivity contribution in [1.29, 1.82) is 0 Å². The molecule has 7 aromatic carbocycles. The molecule has 0 aliphatic rings. The number of hydrogen-bond acceptors (Lipinski definition) is 0. The van der Waals surface area contributed by atoms with Gasteiger partial charge >= 0.3 is 71.4 Å². The molecule has 7 aromatic rings. The summed E-state index contributed by atoms with van der Waals surface area (Å²) >= 11 is 1.72. The Kier molecular flexibility index (Phi) is 13.9. The predicted molar refractivity (Wildman–Crippen MR) is 177 cm³/mol. The van der Waals surface area contributed by atoms with Gasteiger partial charge in [0.2, 0.25) is 0 Å². The second kappa shape index (κ2) is 17.3. The van der Waals surface area contributed by atoms with E-state index in [-0.39, 0.29) is 24.8 Å². The summed E-state index contributed by atoms with van der Waals surface area (Å²) in [5.74, 6) is 0. The first-order chi connectivity index (χ1) is 20.1. The Morgan fingerprint density at radius 2 is 0.907 bits per heavy atom. The molecule has 0 bridgehead atoms. The van der Waals surface area contributed by atoms with Crippen molar-refractivity contribution in [2.24, 2.45) is 0 Å². The van der Waals surface area contributed by atoms with E-state index in [1.165, 1.54) is 66.5 Å². The second-order valence-electron chi connectivity index (χ2n) is 10.3. The summed E-state index contributed by atoms with van der Waals surface area (Å²) in [7, 11) is 0. The van der Waals surface area contributed by atoms with Crippen LogP contribution in [0.4, 0.5) is 0 Å². The normalized spacial score (nSPS) is 9.95. The van der Waals surface area contributed by atoms with Gasteiger partial charge in [-0.15, -0.1) is 69.1 Å². The van der Waals surface area contributed by atoms with Crippen molar-refractivity contribution in [2.75, 3.05) is 0 Å². The molecule has 214 valence electrons. The zero-order valence-electron chi connectivity index (χ0n) is 24.5. The first-order valence-corrected chi connectivity index (χ1v) is 19.7. The predicted octanol–water partition coefficient (Wildman–Crippen LogP) is 4.16. The third kappa shape index (κ3) is 9.24. The van der Waals surface area contributed by atoms with E-state index in [2.05, 4.69) is 166 Å². The fourth-order valence-electron chi connectivity index (χ4n) is 5.24. The molecular formula is C39H34Cl2SiZr-2. The first kappa shape index (κ1) is 34.5.